The molecule has 1 aromatic heterocycles. The quantitative estimate of drug-likeness (QED) is 0.672. The van der Waals surface area contributed by atoms with Crippen molar-refractivity contribution in [1.82, 2.24) is 14.8 Å². The van der Waals surface area contributed by atoms with Gasteiger partial charge in [-0.3, -0.25) is 0 Å². The van der Waals surface area contributed by atoms with Crippen LogP contribution in [-0.4, -0.2) is 48.2 Å². The molecule has 1 N–H and O–H groups in total. The molecule has 1 aliphatic heterocycles. The summed E-state index contributed by atoms with van der Waals surface area (Å²) in [5, 5.41) is 3.32. The van der Waals surface area contributed by atoms with Crippen LogP contribution in [0.1, 0.15) is 12.5 Å². The van der Waals surface area contributed by atoms with E-state index >= 15 is 0 Å². The predicted molar refractivity (Wildman–Crippen MR) is 100 cm³/mol. The van der Waals surface area contributed by atoms with Gasteiger partial charge in [-0.1, -0.05) is 0 Å². The average molecular weight is 361 g/mol. The Morgan fingerprint density at radius 3 is 2.58 bits per heavy atom. The van der Waals surface area contributed by atoms with Crippen LogP contribution in [0.3, 0.4) is 0 Å². The van der Waals surface area contributed by atoms with Crippen LogP contribution in [0.25, 0.3) is 0 Å². The van der Waals surface area contributed by atoms with Crippen LogP contribution in [0.5, 0.6) is 0 Å². The van der Waals surface area contributed by atoms with E-state index in [2.05, 4.69) is 22.5 Å². The van der Waals surface area contributed by atoms with Gasteiger partial charge < -0.3 is 19.7 Å². The van der Waals surface area contributed by atoms with E-state index in [0.717, 1.165) is 24.1 Å². The molecule has 0 radical (unpaired) electrons. The highest BCUT2D eigenvalue weighted by Gasteiger charge is 2.22. The zero-order chi connectivity index (χ0) is 18.5. The molecule has 0 saturated carbocycles. The Morgan fingerprint density at radius 2 is 1.92 bits per heavy atom. The summed E-state index contributed by atoms with van der Waals surface area (Å²) in [6.45, 7) is 6.09. The summed E-state index contributed by atoms with van der Waals surface area (Å²) < 4.78 is 29.4. The second-order valence-electron chi connectivity index (χ2n) is 6.43. The topological polar surface area (TPSA) is 35.8 Å². The van der Waals surface area contributed by atoms with Gasteiger partial charge in [0.25, 0.3) is 0 Å². The van der Waals surface area contributed by atoms with E-state index in [1.54, 1.807) is 0 Å². The van der Waals surface area contributed by atoms with Gasteiger partial charge in [0.15, 0.2) is 5.96 Å². The molecule has 2 heterocycles. The molecule has 140 valence electrons. The highest BCUT2D eigenvalue weighted by Crippen LogP contribution is 2.22. The third-order valence-electron chi connectivity index (χ3n) is 4.47. The zero-order valence-corrected chi connectivity index (χ0v) is 15.3. The first kappa shape index (κ1) is 18.2. The molecule has 7 heteroatoms. The lowest BCUT2D eigenvalue weighted by Crippen LogP contribution is -2.52. The van der Waals surface area contributed by atoms with Gasteiger partial charge in [0.05, 0.1) is 12.2 Å². The summed E-state index contributed by atoms with van der Waals surface area (Å²) in [6.07, 6.45) is 4.06. The standard InChI is InChI=1S/C19H25F2N5/c1-3-22-19(23-13-15-6-7-24(2)14-15)26-10-8-25(9-11-26)18-12-16(20)4-5-17(18)21/h4-7,12,14H,3,8-11,13H2,1-2H3,(H,22,23). The number of nitrogens with zero attached hydrogens (tertiary/aromatic N) is 4. The number of rotatable bonds is 4. The van der Waals surface area contributed by atoms with Crippen molar-refractivity contribution in [2.75, 3.05) is 37.6 Å². The molecule has 5 nitrogen and oxygen atoms in total. The molecular weight excluding hydrogens is 336 g/mol. The lowest BCUT2D eigenvalue weighted by atomic mass is 10.2. The van der Waals surface area contributed by atoms with Crippen molar-refractivity contribution in [1.29, 1.82) is 0 Å². The third kappa shape index (κ3) is 4.33. The molecule has 0 aliphatic carbocycles. The fraction of sp³-hybridized carbons (Fsp3) is 0.421. The fourth-order valence-corrected chi connectivity index (χ4v) is 3.13. The van der Waals surface area contributed by atoms with Crippen molar-refractivity contribution in [3.05, 3.63) is 53.9 Å². The Labute approximate surface area is 152 Å². The molecule has 1 aromatic carbocycles. The predicted octanol–water partition coefficient (Wildman–Crippen LogP) is 2.59. The van der Waals surface area contributed by atoms with Crippen LogP contribution < -0.4 is 10.2 Å². The molecule has 0 spiro atoms. The summed E-state index contributed by atoms with van der Waals surface area (Å²) in [5.41, 5.74) is 1.49. The number of piperazine rings is 1. The van der Waals surface area contributed by atoms with E-state index in [1.807, 2.05) is 29.6 Å². The molecule has 2 aromatic rings. The van der Waals surface area contributed by atoms with Crippen LogP contribution in [0.2, 0.25) is 0 Å². The molecule has 1 saturated heterocycles. The maximum absolute atomic E-state index is 14.0. The Hall–Kier alpha value is -2.57. The van der Waals surface area contributed by atoms with Crippen molar-refractivity contribution < 1.29 is 8.78 Å². The lowest BCUT2D eigenvalue weighted by molar-refractivity contribution is 0.370. The second-order valence-corrected chi connectivity index (χ2v) is 6.43. The summed E-state index contributed by atoms with van der Waals surface area (Å²) in [7, 11) is 1.99. The SMILES string of the molecule is CCNC(=NCc1ccn(C)c1)N1CCN(c2cc(F)ccc2F)CC1. The van der Waals surface area contributed by atoms with Gasteiger partial charge in [0, 0.05) is 58.2 Å². The average Bonchev–Trinajstić information content (AvgIpc) is 3.06. The molecule has 26 heavy (non-hydrogen) atoms. The monoisotopic (exact) mass is 361 g/mol. The molecule has 0 atom stereocenters. The number of aryl methyl sites for hydroxylation is 1. The Morgan fingerprint density at radius 1 is 1.15 bits per heavy atom. The number of hydrogen-bond donors (Lipinski definition) is 1. The van der Waals surface area contributed by atoms with Gasteiger partial charge >= 0.3 is 0 Å². The van der Waals surface area contributed by atoms with Crippen molar-refractivity contribution in [3.8, 4) is 0 Å². The summed E-state index contributed by atoms with van der Waals surface area (Å²) in [5.74, 6) is 0.0572. The summed E-state index contributed by atoms with van der Waals surface area (Å²) >= 11 is 0. The van der Waals surface area contributed by atoms with E-state index in [9.17, 15) is 8.78 Å². The second kappa shape index (κ2) is 8.21. The van der Waals surface area contributed by atoms with Crippen LogP contribution in [0, 0.1) is 11.6 Å². The molecule has 0 unspecified atom stereocenters. The van der Waals surface area contributed by atoms with Crippen LogP contribution >= 0.6 is 0 Å². The maximum Gasteiger partial charge on any atom is 0.194 e. The minimum atomic E-state index is -0.415. The smallest absolute Gasteiger partial charge is 0.194 e. The minimum Gasteiger partial charge on any atom is -0.366 e. The first-order chi connectivity index (χ1) is 12.6. The largest absolute Gasteiger partial charge is 0.366 e. The van der Waals surface area contributed by atoms with E-state index in [-0.39, 0.29) is 5.82 Å². The molecule has 1 aliphatic rings. The van der Waals surface area contributed by atoms with Crippen molar-refractivity contribution in [2.45, 2.75) is 13.5 Å². The normalized spacial score (nSPS) is 15.5. The number of aliphatic imine (C=N–C) groups is 1. The molecule has 0 bridgehead atoms. The van der Waals surface area contributed by atoms with Crippen LogP contribution in [0.4, 0.5) is 14.5 Å². The molecular formula is C19H25F2N5. The number of aromatic nitrogens is 1. The van der Waals surface area contributed by atoms with Gasteiger partial charge in [0.2, 0.25) is 0 Å². The van der Waals surface area contributed by atoms with Crippen molar-refractivity contribution in [2.24, 2.45) is 12.0 Å². The van der Waals surface area contributed by atoms with Gasteiger partial charge in [-0.2, -0.15) is 0 Å². The number of anilines is 1. The third-order valence-corrected chi connectivity index (χ3v) is 4.47. The number of nitrogens with one attached hydrogen (secondary N) is 1. The highest BCUT2D eigenvalue weighted by molar-refractivity contribution is 5.80. The fourth-order valence-electron chi connectivity index (χ4n) is 3.13. The summed E-state index contributed by atoms with van der Waals surface area (Å²) in [6, 6.07) is 5.65. The Kier molecular flexibility index (Phi) is 5.75. The van der Waals surface area contributed by atoms with E-state index < -0.39 is 5.82 Å². The van der Waals surface area contributed by atoms with Crippen LogP contribution in [-0.2, 0) is 13.6 Å². The van der Waals surface area contributed by atoms with Crippen LogP contribution in [0.15, 0.2) is 41.7 Å². The van der Waals surface area contributed by atoms with Gasteiger partial charge in [-0.25, -0.2) is 13.8 Å². The van der Waals surface area contributed by atoms with Crippen molar-refractivity contribution >= 4 is 11.6 Å². The Bertz CT molecular complexity index is 763. The number of halogens is 2. The van der Waals surface area contributed by atoms with E-state index in [0.29, 0.717) is 38.4 Å². The van der Waals surface area contributed by atoms with Crippen molar-refractivity contribution in [3.63, 3.8) is 0 Å². The zero-order valence-electron chi connectivity index (χ0n) is 15.3. The van der Waals surface area contributed by atoms with Gasteiger partial charge in [-0.05, 0) is 30.7 Å². The van der Waals surface area contributed by atoms with Gasteiger partial charge in [0.1, 0.15) is 11.6 Å². The molecule has 1 fully saturated rings. The highest BCUT2D eigenvalue weighted by atomic mass is 19.1. The lowest BCUT2D eigenvalue weighted by Gasteiger charge is -2.37. The first-order valence-corrected chi connectivity index (χ1v) is 8.91. The number of benzene rings is 1. The minimum absolute atomic E-state index is 0.330. The molecule has 0 amide bonds. The maximum atomic E-state index is 14.0. The summed E-state index contributed by atoms with van der Waals surface area (Å²) in [4.78, 5) is 8.77. The Balaban J connectivity index is 1.65. The number of guanidine groups is 1. The molecule has 3 rings (SSSR count). The first-order valence-electron chi connectivity index (χ1n) is 8.91. The number of hydrogen-bond acceptors (Lipinski definition) is 2. The van der Waals surface area contributed by atoms with E-state index in [4.69, 9.17) is 4.99 Å². The van der Waals surface area contributed by atoms with Gasteiger partial charge in [-0.15, -0.1) is 0 Å². The van der Waals surface area contributed by atoms with E-state index in [1.165, 1.54) is 12.1 Å².